The average Bonchev–Trinajstić information content (AvgIpc) is 2.17. The third-order valence-electron chi connectivity index (χ3n) is 2.18. The van der Waals surface area contributed by atoms with E-state index >= 15 is 0 Å². The zero-order chi connectivity index (χ0) is 11.0. The Bertz CT molecular complexity index is 447. The Morgan fingerprint density at radius 3 is 2.93 bits per heavy atom. The van der Waals surface area contributed by atoms with Crippen LogP contribution in [0, 0.1) is 0 Å². The third-order valence-corrected chi connectivity index (χ3v) is 3.41. The van der Waals surface area contributed by atoms with Crippen LogP contribution in [0.4, 0.5) is 0 Å². The molecule has 1 atom stereocenters. The lowest BCUT2D eigenvalue weighted by atomic mass is 10.0. The predicted molar refractivity (Wildman–Crippen MR) is 59.2 cm³/mol. The Balaban J connectivity index is 2.50. The van der Waals surface area contributed by atoms with Crippen LogP contribution in [0.3, 0.4) is 0 Å². The lowest BCUT2D eigenvalue weighted by Gasteiger charge is -2.22. The Kier molecular flexibility index (Phi) is 2.82. The van der Waals surface area contributed by atoms with Gasteiger partial charge >= 0.3 is 0 Å². The van der Waals surface area contributed by atoms with Crippen molar-refractivity contribution >= 4 is 35.1 Å². The highest BCUT2D eigenvalue weighted by Crippen LogP contribution is 2.32. The van der Waals surface area contributed by atoms with Crippen molar-refractivity contribution in [2.45, 2.75) is 17.9 Å². The van der Waals surface area contributed by atoms with Crippen molar-refractivity contribution in [2.24, 2.45) is 0 Å². The van der Waals surface area contributed by atoms with E-state index in [1.807, 2.05) is 0 Å². The molecule has 2 rings (SSSR count). The molecule has 5 heteroatoms. The summed E-state index contributed by atoms with van der Waals surface area (Å²) in [6.45, 7) is 1.39. The van der Waals surface area contributed by atoms with Crippen LogP contribution in [0.5, 0.6) is 0 Å². The highest BCUT2D eigenvalue weighted by molar-refractivity contribution is 7.97. The molecule has 0 fully saturated rings. The molecule has 78 valence electrons. The molecule has 1 aromatic rings. The molecular weight excluding hydrogens is 234 g/mol. The Morgan fingerprint density at radius 2 is 2.27 bits per heavy atom. The number of halogens is 1. The van der Waals surface area contributed by atoms with E-state index in [9.17, 15) is 9.59 Å². The smallest absolute Gasteiger partial charge is 0.190 e. The number of benzene rings is 1. The largest absolute Gasteiger partial charge is 0.298 e. The summed E-state index contributed by atoms with van der Waals surface area (Å²) in [6.07, 6.45) is 0. The van der Waals surface area contributed by atoms with Crippen LogP contribution in [-0.4, -0.2) is 17.6 Å². The van der Waals surface area contributed by atoms with Gasteiger partial charge in [0.2, 0.25) is 0 Å². The van der Waals surface area contributed by atoms with Crippen LogP contribution in [0.2, 0.25) is 5.02 Å². The van der Waals surface area contributed by atoms with Gasteiger partial charge in [-0.05, 0) is 31.0 Å². The van der Waals surface area contributed by atoms with Gasteiger partial charge in [0, 0.05) is 4.90 Å². The highest BCUT2D eigenvalue weighted by Gasteiger charge is 2.32. The maximum Gasteiger partial charge on any atom is 0.190 e. The normalized spacial score (nSPS) is 19.9. The zero-order valence-corrected chi connectivity index (χ0v) is 9.48. The van der Waals surface area contributed by atoms with Gasteiger partial charge in [-0.15, -0.1) is 0 Å². The number of fused-ring (bicyclic) bond motifs is 1. The Morgan fingerprint density at radius 1 is 1.53 bits per heavy atom. The van der Waals surface area contributed by atoms with E-state index < -0.39 is 6.04 Å². The van der Waals surface area contributed by atoms with Gasteiger partial charge in [-0.2, -0.15) is 0 Å². The van der Waals surface area contributed by atoms with Gasteiger partial charge in [-0.1, -0.05) is 17.7 Å². The number of carbonyl (C=O) groups is 2. The summed E-state index contributed by atoms with van der Waals surface area (Å²) in [5.41, 5.74) is 0.447. The number of nitrogens with one attached hydrogen (secondary N) is 1. The van der Waals surface area contributed by atoms with E-state index in [2.05, 4.69) is 4.72 Å². The van der Waals surface area contributed by atoms with E-state index in [4.69, 9.17) is 11.6 Å². The second-order valence-corrected chi connectivity index (χ2v) is 4.53. The summed E-state index contributed by atoms with van der Waals surface area (Å²) in [5, 5.41) is 0.401. The van der Waals surface area contributed by atoms with Crippen LogP contribution >= 0.6 is 23.5 Å². The van der Waals surface area contributed by atoms with E-state index in [0.29, 0.717) is 10.6 Å². The number of rotatable bonds is 1. The Hall–Kier alpha value is -0.840. The SMILES string of the molecule is CC(=O)C1NSc2cccc(Cl)c2C1=O. The van der Waals surface area contributed by atoms with Gasteiger partial charge < -0.3 is 0 Å². The van der Waals surface area contributed by atoms with Crippen molar-refractivity contribution in [1.82, 2.24) is 4.72 Å². The van der Waals surface area contributed by atoms with Crippen molar-refractivity contribution in [2.75, 3.05) is 0 Å². The van der Waals surface area contributed by atoms with Crippen LogP contribution < -0.4 is 4.72 Å². The third kappa shape index (κ3) is 1.80. The predicted octanol–water partition coefficient (Wildman–Crippen LogP) is 2.09. The first-order valence-corrected chi connectivity index (χ1v) is 5.56. The first-order valence-electron chi connectivity index (χ1n) is 4.37. The van der Waals surface area contributed by atoms with Crippen molar-refractivity contribution in [3.63, 3.8) is 0 Å². The van der Waals surface area contributed by atoms with E-state index in [0.717, 1.165) is 4.90 Å². The molecule has 0 aromatic heterocycles. The Labute approximate surface area is 96.3 Å². The molecule has 0 spiro atoms. The minimum absolute atomic E-state index is 0.196. The van der Waals surface area contributed by atoms with Crippen molar-refractivity contribution < 1.29 is 9.59 Å². The number of hydrogen-bond donors (Lipinski definition) is 1. The van der Waals surface area contributed by atoms with Gasteiger partial charge in [0.25, 0.3) is 0 Å². The first-order chi connectivity index (χ1) is 7.11. The average molecular weight is 242 g/mol. The standard InChI is InChI=1S/C10H8ClNO2S/c1-5(13)9-10(14)8-6(11)3-2-4-7(8)15-12-9/h2-4,9,12H,1H3. The zero-order valence-electron chi connectivity index (χ0n) is 7.91. The monoisotopic (exact) mass is 241 g/mol. The number of carbonyl (C=O) groups excluding carboxylic acids is 2. The summed E-state index contributed by atoms with van der Waals surface area (Å²) in [6, 6.07) is 4.45. The number of ketones is 2. The molecule has 0 radical (unpaired) electrons. The molecule has 1 N–H and O–H groups in total. The molecule has 1 aliphatic rings. The summed E-state index contributed by atoms with van der Waals surface area (Å²) in [7, 11) is 0. The van der Waals surface area contributed by atoms with Crippen LogP contribution in [-0.2, 0) is 4.79 Å². The summed E-state index contributed by atoms with van der Waals surface area (Å²) < 4.78 is 2.81. The fourth-order valence-corrected chi connectivity index (χ4v) is 2.72. The molecule has 1 heterocycles. The number of hydrogen-bond acceptors (Lipinski definition) is 4. The molecule has 0 saturated carbocycles. The van der Waals surface area contributed by atoms with Crippen LogP contribution in [0.1, 0.15) is 17.3 Å². The number of Topliss-reactive ketones (excluding diaryl/α,β-unsaturated/α-hetero) is 2. The molecule has 15 heavy (non-hydrogen) atoms. The molecule has 0 amide bonds. The molecule has 1 aromatic carbocycles. The minimum Gasteiger partial charge on any atom is -0.298 e. The topological polar surface area (TPSA) is 46.2 Å². The molecule has 1 unspecified atom stereocenters. The molecule has 0 aliphatic carbocycles. The minimum atomic E-state index is -0.776. The van der Waals surface area contributed by atoms with E-state index in [-0.39, 0.29) is 11.6 Å². The fourth-order valence-electron chi connectivity index (χ4n) is 1.42. The van der Waals surface area contributed by atoms with Crippen molar-refractivity contribution in [1.29, 1.82) is 0 Å². The van der Waals surface area contributed by atoms with Gasteiger partial charge in [-0.3, -0.25) is 9.59 Å². The second kappa shape index (κ2) is 3.96. The summed E-state index contributed by atoms with van der Waals surface area (Å²) in [4.78, 5) is 23.9. The van der Waals surface area contributed by atoms with Gasteiger partial charge in [0.1, 0.15) is 6.04 Å². The van der Waals surface area contributed by atoms with E-state index in [1.54, 1.807) is 18.2 Å². The first kappa shape index (κ1) is 10.7. The maximum absolute atomic E-state index is 11.9. The molecule has 1 aliphatic heterocycles. The second-order valence-electron chi connectivity index (χ2n) is 3.24. The van der Waals surface area contributed by atoms with Crippen molar-refractivity contribution in [3.8, 4) is 0 Å². The molecule has 0 bridgehead atoms. The van der Waals surface area contributed by atoms with Gasteiger partial charge in [0.15, 0.2) is 11.6 Å². The summed E-state index contributed by atoms with van der Waals surface area (Å²) >= 11 is 7.20. The highest BCUT2D eigenvalue weighted by atomic mass is 35.5. The van der Waals surface area contributed by atoms with Gasteiger partial charge in [0.05, 0.1) is 10.6 Å². The molecular formula is C10H8ClNO2S. The van der Waals surface area contributed by atoms with Crippen molar-refractivity contribution in [3.05, 3.63) is 28.8 Å². The lowest BCUT2D eigenvalue weighted by Crippen LogP contribution is -2.41. The van der Waals surface area contributed by atoms with Crippen LogP contribution in [0.15, 0.2) is 23.1 Å². The quantitative estimate of drug-likeness (QED) is 0.604. The maximum atomic E-state index is 11.9. The molecule has 0 saturated heterocycles. The van der Waals surface area contributed by atoms with E-state index in [1.165, 1.54) is 18.9 Å². The fraction of sp³-hybridized carbons (Fsp3) is 0.200. The lowest BCUT2D eigenvalue weighted by molar-refractivity contribution is -0.117. The molecule has 3 nitrogen and oxygen atoms in total. The summed E-state index contributed by atoms with van der Waals surface area (Å²) in [5.74, 6) is -0.445. The van der Waals surface area contributed by atoms with Gasteiger partial charge in [-0.25, -0.2) is 4.72 Å². The van der Waals surface area contributed by atoms with Crippen LogP contribution in [0.25, 0.3) is 0 Å².